The Balaban J connectivity index is 1.46. The van der Waals surface area contributed by atoms with Crippen LogP contribution in [0.5, 0.6) is 5.75 Å². The standard InChI is InChI=1S/C17H18ClN5O2/c1-12-17-21-20-16(11-25-15-7-13(18)8-19-9-15)23(17)5-4-22(12)10-14-3-2-6-24-14/h2-3,6-9,12H,4-5,10-11H2,1H3/t12-/m1/s1. The van der Waals surface area contributed by atoms with E-state index in [1.807, 2.05) is 12.1 Å². The molecule has 0 bridgehead atoms. The maximum Gasteiger partial charge on any atom is 0.171 e. The molecule has 3 aromatic rings. The fourth-order valence-corrected chi connectivity index (χ4v) is 3.20. The zero-order valence-corrected chi connectivity index (χ0v) is 14.6. The minimum Gasteiger partial charge on any atom is -0.484 e. The number of pyridine rings is 1. The summed E-state index contributed by atoms with van der Waals surface area (Å²) in [5, 5.41) is 9.21. The van der Waals surface area contributed by atoms with Crippen molar-refractivity contribution < 1.29 is 9.15 Å². The van der Waals surface area contributed by atoms with E-state index in [2.05, 4.69) is 31.6 Å². The Kier molecular flexibility index (Phi) is 4.42. The molecular weight excluding hydrogens is 342 g/mol. The quantitative estimate of drug-likeness (QED) is 0.697. The number of rotatable bonds is 5. The number of furan rings is 1. The maximum atomic E-state index is 5.93. The third-order valence-corrected chi connectivity index (χ3v) is 4.58. The zero-order valence-electron chi connectivity index (χ0n) is 13.8. The molecule has 0 unspecified atom stereocenters. The Morgan fingerprint density at radius 2 is 2.24 bits per heavy atom. The van der Waals surface area contributed by atoms with Gasteiger partial charge >= 0.3 is 0 Å². The Labute approximate surface area is 150 Å². The molecule has 0 N–H and O–H groups in total. The second kappa shape index (κ2) is 6.85. The first-order valence-electron chi connectivity index (χ1n) is 8.12. The Morgan fingerprint density at radius 1 is 1.32 bits per heavy atom. The number of nitrogens with zero attached hydrogens (tertiary/aromatic N) is 5. The van der Waals surface area contributed by atoms with Crippen molar-refractivity contribution in [2.45, 2.75) is 32.7 Å². The molecular formula is C17H18ClN5O2. The molecule has 7 nitrogen and oxygen atoms in total. The van der Waals surface area contributed by atoms with E-state index in [0.717, 1.165) is 37.0 Å². The molecule has 4 rings (SSSR count). The Bertz CT molecular complexity index is 849. The van der Waals surface area contributed by atoms with Gasteiger partial charge in [0.2, 0.25) is 0 Å². The minimum atomic E-state index is 0.160. The molecule has 4 heterocycles. The SMILES string of the molecule is C[C@@H]1c2nnc(COc3cncc(Cl)c3)n2CCN1Cc1ccco1. The average molecular weight is 360 g/mol. The van der Waals surface area contributed by atoms with Gasteiger partial charge in [0.25, 0.3) is 0 Å². The van der Waals surface area contributed by atoms with E-state index in [9.17, 15) is 0 Å². The van der Waals surface area contributed by atoms with Gasteiger partial charge in [-0.2, -0.15) is 0 Å². The van der Waals surface area contributed by atoms with Gasteiger partial charge in [-0.3, -0.25) is 9.88 Å². The van der Waals surface area contributed by atoms with E-state index in [1.54, 1.807) is 24.7 Å². The molecule has 8 heteroatoms. The molecule has 0 spiro atoms. The van der Waals surface area contributed by atoms with Crippen molar-refractivity contribution in [3.63, 3.8) is 0 Å². The second-order valence-corrected chi connectivity index (χ2v) is 6.42. The highest BCUT2D eigenvalue weighted by Gasteiger charge is 2.28. The molecule has 3 aromatic heterocycles. The molecule has 130 valence electrons. The van der Waals surface area contributed by atoms with E-state index < -0.39 is 0 Å². The summed E-state index contributed by atoms with van der Waals surface area (Å²) in [5.74, 6) is 3.32. The lowest BCUT2D eigenvalue weighted by Crippen LogP contribution is -2.37. The first-order valence-corrected chi connectivity index (χ1v) is 8.50. The van der Waals surface area contributed by atoms with Gasteiger partial charge in [-0.15, -0.1) is 10.2 Å². The van der Waals surface area contributed by atoms with Crippen molar-refractivity contribution in [3.05, 3.63) is 59.3 Å². The highest BCUT2D eigenvalue weighted by molar-refractivity contribution is 6.30. The van der Waals surface area contributed by atoms with Crippen LogP contribution in [-0.2, 0) is 19.7 Å². The summed E-state index contributed by atoms with van der Waals surface area (Å²) in [6.07, 6.45) is 4.91. The molecule has 0 aliphatic carbocycles. The maximum absolute atomic E-state index is 5.93. The molecule has 1 aliphatic rings. The summed E-state index contributed by atoms with van der Waals surface area (Å²) in [6, 6.07) is 5.79. The lowest BCUT2D eigenvalue weighted by molar-refractivity contribution is 0.142. The normalized spacial score (nSPS) is 17.4. The summed E-state index contributed by atoms with van der Waals surface area (Å²) in [6.45, 7) is 4.95. The van der Waals surface area contributed by atoms with Crippen molar-refractivity contribution in [1.82, 2.24) is 24.6 Å². The van der Waals surface area contributed by atoms with Crippen molar-refractivity contribution in [1.29, 1.82) is 0 Å². The van der Waals surface area contributed by atoms with Gasteiger partial charge in [-0.1, -0.05) is 11.6 Å². The number of ether oxygens (including phenoxy) is 1. The van der Waals surface area contributed by atoms with Crippen LogP contribution in [0.25, 0.3) is 0 Å². The van der Waals surface area contributed by atoms with Crippen molar-refractivity contribution >= 4 is 11.6 Å². The second-order valence-electron chi connectivity index (χ2n) is 5.98. The number of fused-ring (bicyclic) bond motifs is 1. The van der Waals surface area contributed by atoms with Crippen LogP contribution in [0.2, 0.25) is 5.02 Å². The molecule has 0 fully saturated rings. The molecule has 0 saturated carbocycles. The van der Waals surface area contributed by atoms with Gasteiger partial charge in [0, 0.05) is 25.4 Å². The van der Waals surface area contributed by atoms with E-state index in [4.69, 9.17) is 20.8 Å². The first-order chi connectivity index (χ1) is 12.2. The highest BCUT2D eigenvalue weighted by Crippen LogP contribution is 2.26. The first kappa shape index (κ1) is 16.1. The topological polar surface area (TPSA) is 69.2 Å². The van der Waals surface area contributed by atoms with Crippen molar-refractivity contribution in [3.8, 4) is 5.75 Å². The van der Waals surface area contributed by atoms with Crippen LogP contribution in [0.15, 0.2) is 41.3 Å². The van der Waals surface area contributed by atoms with E-state index in [-0.39, 0.29) is 6.04 Å². The summed E-state index contributed by atoms with van der Waals surface area (Å²) >= 11 is 5.93. The lowest BCUT2D eigenvalue weighted by Gasteiger charge is -2.32. The van der Waals surface area contributed by atoms with Crippen LogP contribution in [-0.4, -0.2) is 31.2 Å². The zero-order chi connectivity index (χ0) is 17.2. The van der Waals surface area contributed by atoms with Gasteiger partial charge in [0.1, 0.15) is 23.9 Å². The smallest absolute Gasteiger partial charge is 0.171 e. The fourth-order valence-electron chi connectivity index (χ4n) is 3.03. The minimum absolute atomic E-state index is 0.160. The van der Waals surface area contributed by atoms with Gasteiger partial charge in [0.15, 0.2) is 5.82 Å². The summed E-state index contributed by atoms with van der Waals surface area (Å²) < 4.78 is 13.3. The van der Waals surface area contributed by atoms with Crippen LogP contribution < -0.4 is 4.74 Å². The van der Waals surface area contributed by atoms with Crippen LogP contribution in [0.3, 0.4) is 0 Å². The monoisotopic (exact) mass is 359 g/mol. The third-order valence-electron chi connectivity index (χ3n) is 4.37. The van der Waals surface area contributed by atoms with Crippen molar-refractivity contribution in [2.24, 2.45) is 0 Å². The van der Waals surface area contributed by atoms with Crippen molar-refractivity contribution in [2.75, 3.05) is 6.54 Å². The number of halogens is 1. The highest BCUT2D eigenvalue weighted by atomic mass is 35.5. The van der Waals surface area contributed by atoms with E-state index >= 15 is 0 Å². The Hall–Kier alpha value is -2.38. The molecule has 1 atom stereocenters. The molecule has 25 heavy (non-hydrogen) atoms. The Morgan fingerprint density at radius 3 is 3.04 bits per heavy atom. The van der Waals surface area contributed by atoms with Crippen LogP contribution >= 0.6 is 11.6 Å². The predicted molar refractivity (Wildman–Crippen MR) is 91.1 cm³/mol. The van der Waals surface area contributed by atoms with Gasteiger partial charge in [-0.25, -0.2) is 0 Å². The summed E-state index contributed by atoms with van der Waals surface area (Å²) in [4.78, 5) is 6.34. The lowest BCUT2D eigenvalue weighted by atomic mass is 10.2. The van der Waals surface area contributed by atoms with E-state index in [0.29, 0.717) is 17.4 Å². The summed E-state index contributed by atoms with van der Waals surface area (Å²) in [7, 11) is 0. The number of hydrogen-bond donors (Lipinski definition) is 0. The predicted octanol–water partition coefficient (Wildman–Crippen LogP) is 3.08. The molecule has 0 radical (unpaired) electrons. The van der Waals surface area contributed by atoms with Gasteiger partial charge in [0.05, 0.1) is 30.1 Å². The number of aromatic nitrogens is 4. The summed E-state index contributed by atoms with van der Waals surface area (Å²) in [5.41, 5.74) is 0. The molecule has 1 aliphatic heterocycles. The van der Waals surface area contributed by atoms with Gasteiger partial charge in [-0.05, 0) is 19.1 Å². The van der Waals surface area contributed by atoms with Crippen LogP contribution in [0.4, 0.5) is 0 Å². The molecule has 0 aromatic carbocycles. The molecule has 0 amide bonds. The average Bonchev–Trinajstić information content (AvgIpc) is 3.26. The van der Waals surface area contributed by atoms with Crippen LogP contribution in [0.1, 0.15) is 30.4 Å². The molecule has 0 saturated heterocycles. The van der Waals surface area contributed by atoms with Crippen LogP contribution in [0, 0.1) is 0 Å². The number of hydrogen-bond acceptors (Lipinski definition) is 6. The third kappa shape index (κ3) is 3.38. The fraction of sp³-hybridized carbons (Fsp3) is 0.353. The van der Waals surface area contributed by atoms with E-state index in [1.165, 1.54) is 0 Å². The van der Waals surface area contributed by atoms with Gasteiger partial charge < -0.3 is 13.7 Å². The largest absolute Gasteiger partial charge is 0.484 e.